The highest BCUT2D eigenvalue weighted by atomic mass is 19.4. The summed E-state index contributed by atoms with van der Waals surface area (Å²) in [5.41, 5.74) is -0.646. The second-order valence-corrected chi connectivity index (χ2v) is 4.90. The van der Waals surface area contributed by atoms with Crippen molar-refractivity contribution in [3.63, 3.8) is 0 Å². The van der Waals surface area contributed by atoms with Crippen LogP contribution in [-0.2, 0) is 6.18 Å². The highest BCUT2D eigenvalue weighted by molar-refractivity contribution is 5.34. The minimum atomic E-state index is -4.38. The number of hydrogen-bond donors (Lipinski definition) is 1. The first-order valence-corrected chi connectivity index (χ1v) is 5.88. The van der Waals surface area contributed by atoms with Crippen molar-refractivity contribution in [2.75, 3.05) is 24.5 Å². The van der Waals surface area contributed by atoms with Crippen LogP contribution in [0.1, 0.15) is 18.4 Å². The second kappa shape index (κ2) is 3.81. The molecule has 3 rings (SSSR count). The van der Waals surface area contributed by atoms with Crippen LogP contribution in [0.2, 0.25) is 0 Å². The Morgan fingerprint density at radius 2 is 1.89 bits per heavy atom. The number of anilines is 1. The number of aromatic nitrogens is 2. The Balaban J connectivity index is 1.76. The van der Waals surface area contributed by atoms with Gasteiger partial charge in [0.05, 0.1) is 5.56 Å². The minimum absolute atomic E-state index is 0.157. The smallest absolute Gasteiger partial charge is 0.338 e. The summed E-state index contributed by atoms with van der Waals surface area (Å²) >= 11 is 0. The van der Waals surface area contributed by atoms with E-state index >= 15 is 0 Å². The molecule has 18 heavy (non-hydrogen) atoms. The van der Waals surface area contributed by atoms with Crippen molar-refractivity contribution in [2.45, 2.75) is 24.6 Å². The van der Waals surface area contributed by atoms with Crippen molar-refractivity contribution < 1.29 is 13.2 Å². The van der Waals surface area contributed by atoms with E-state index < -0.39 is 11.7 Å². The lowest BCUT2D eigenvalue weighted by Crippen LogP contribution is -2.53. The fraction of sp³-hybridized carbons (Fsp3) is 0.636. The van der Waals surface area contributed by atoms with Crippen LogP contribution in [0.5, 0.6) is 0 Å². The molecule has 98 valence electrons. The Bertz CT molecular complexity index is 439. The van der Waals surface area contributed by atoms with Gasteiger partial charge in [0.2, 0.25) is 5.95 Å². The Hall–Kier alpha value is -1.37. The molecular formula is C11H13F3N4. The Labute approximate surface area is 102 Å². The third-order valence-electron chi connectivity index (χ3n) is 3.48. The summed E-state index contributed by atoms with van der Waals surface area (Å²) in [4.78, 5) is 9.61. The molecule has 2 fully saturated rings. The number of nitrogens with one attached hydrogen (secondary N) is 1. The Morgan fingerprint density at radius 3 is 2.44 bits per heavy atom. The van der Waals surface area contributed by atoms with Crippen LogP contribution >= 0.6 is 0 Å². The summed E-state index contributed by atoms with van der Waals surface area (Å²) in [5, 5.41) is 3.43. The maximum atomic E-state index is 12.4. The summed E-state index contributed by atoms with van der Waals surface area (Å²) in [6.07, 6.45) is -0.443. The summed E-state index contributed by atoms with van der Waals surface area (Å²) < 4.78 is 37.2. The van der Waals surface area contributed by atoms with Gasteiger partial charge >= 0.3 is 6.18 Å². The highest BCUT2D eigenvalue weighted by Gasteiger charge is 2.46. The maximum absolute atomic E-state index is 12.4. The third-order valence-corrected chi connectivity index (χ3v) is 3.48. The van der Waals surface area contributed by atoms with E-state index in [1.165, 1.54) is 0 Å². The molecule has 1 aromatic rings. The van der Waals surface area contributed by atoms with Crippen LogP contribution in [0.15, 0.2) is 12.4 Å². The predicted octanol–water partition coefficient (Wildman–Crippen LogP) is 1.44. The van der Waals surface area contributed by atoms with Crippen LogP contribution in [0, 0.1) is 0 Å². The molecule has 0 aromatic carbocycles. The van der Waals surface area contributed by atoms with Gasteiger partial charge in [0.25, 0.3) is 0 Å². The van der Waals surface area contributed by atoms with Gasteiger partial charge in [0.15, 0.2) is 0 Å². The number of nitrogens with zero attached hydrogens (tertiary/aromatic N) is 3. The van der Waals surface area contributed by atoms with E-state index in [4.69, 9.17) is 0 Å². The van der Waals surface area contributed by atoms with Gasteiger partial charge in [-0.15, -0.1) is 0 Å². The molecule has 2 aliphatic rings. The normalized spacial score (nSPS) is 22.3. The van der Waals surface area contributed by atoms with E-state index in [0.717, 1.165) is 44.9 Å². The second-order valence-electron chi connectivity index (χ2n) is 4.90. The Morgan fingerprint density at radius 1 is 1.22 bits per heavy atom. The zero-order chi connectivity index (χ0) is 12.8. The lowest BCUT2D eigenvalue weighted by molar-refractivity contribution is -0.138. The molecule has 0 amide bonds. The van der Waals surface area contributed by atoms with E-state index in [-0.39, 0.29) is 5.54 Å². The molecule has 0 unspecified atom stereocenters. The fourth-order valence-electron chi connectivity index (χ4n) is 2.24. The van der Waals surface area contributed by atoms with Crippen molar-refractivity contribution in [3.05, 3.63) is 18.0 Å². The molecule has 0 bridgehead atoms. The Kier molecular flexibility index (Phi) is 2.48. The van der Waals surface area contributed by atoms with Crippen molar-refractivity contribution in [3.8, 4) is 0 Å². The zero-order valence-electron chi connectivity index (χ0n) is 9.67. The average Bonchev–Trinajstić information content (AvgIpc) is 3.08. The van der Waals surface area contributed by atoms with Crippen LogP contribution in [-0.4, -0.2) is 35.1 Å². The van der Waals surface area contributed by atoms with Gasteiger partial charge in [-0.05, 0) is 12.8 Å². The molecule has 1 saturated heterocycles. The largest absolute Gasteiger partial charge is 0.419 e. The summed E-state index contributed by atoms with van der Waals surface area (Å²) in [7, 11) is 0. The maximum Gasteiger partial charge on any atom is 0.419 e. The highest BCUT2D eigenvalue weighted by Crippen LogP contribution is 2.38. The first-order valence-electron chi connectivity index (χ1n) is 5.88. The van der Waals surface area contributed by atoms with E-state index in [1.54, 1.807) is 0 Å². The molecule has 7 heteroatoms. The monoisotopic (exact) mass is 258 g/mol. The third kappa shape index (κ3) is 2.14. The quantitative estimate of drug-likeness (QED) is 0.827. The van der Waals surface area contributed by atoms with Gasteiger partial charge in [-0.2, -0.15) is 13.2 Å². The van der Waals surface area contributed by atoms with Gasteiger partial charge in [-0.1, -0.05) is 0 Å². The van der Waals surface area contributed by atoms with Crippen LogP contribution in [0.25, 0.3) is 0 Å². The van der Waals surface area contributed by atoms with Crippen LogP contribution in [0.4, 0.5) is 19.1 Å². The molecule has 2 heterocycles. The van der Waals surface area contributed by atoms with Crippen molar-refractivity contribution in [2.24, 2.45) is 0 Å². The van der Waals surface area contributed by atoms with Gasteiger partial charge in [-0.3, -0.25) is 0 Å². The van der Waals surface area contributed by atoms with E-state index in [9.17, 15) is 13.2 Å². The van der Waals surface area contributed by atoms with Crippen LogP contribution < -0.4 is 10.2 Å². The van der Waals surface area contributed by atoms with E-state index in [0.29, 0.717) is 5.95 Å². The number of piperazine rings is 1. The molecule has 1 spiro atoms. The first-order chi connectivity index (χ1) is 8.49. The molecule has 0 atom stereocenters. The van der Waals surface area contributed by atoms with E-state index in [2.05, 4.69) is 15.3 Å². The van der Waals surface area contributed by atoms with Crippen molar-refractivity contribution in [1.29, 1.82) is 0 Å². The molecule has 0 radical (unpaired) electrons. The molecule has 1 aliphatic heterocycles. The fourth-order valence-corrected chi connectivity index (χ4v) is 2.24. The standard InChI is InChI=1S/C11H13F3N4/c12-11(13,14)8-5-15-9(16-6-8)18-4-3-17-10(7-18)1-2-10/h5-6,17H,1-4,7H2. The molecule has 1 aliphatic carbocycles. The molecular weight excluding hydrogens is 245 g/mol. The van der Waals surface area contributed by atoms with Gasteiger partial charge in [0, 0.05) is 37.6 Å². The average molecular weight is 258 g/mol. The van der Waals surface area contributed by atoms with Gasteiger partial charge in [0.1, 0.15) is 0 Å². The van der Waals surface area contributed by atoms with Crippen molar-refractivity contribution >= 4 is 5.95 Å². The van der Waals surface area contributed by atoms with E-state index in [1.807, 2.05) is 4.90 Å². The molecule has 4 nitrogen and oxygen atoms in total. The summed E-state index contributed by atoms with van der Waals surface area (Å²) in [6.45, 7) is 2.33. The topological polar surface area (TPSA) is 41.1 Å². The molecule has 1 saturated carbocycles. The predicted molar refractivity (Wildman–Crippen MR) is 59.2 cm³/mol. The van der Waals surface area contributed by atoms with Crippen molar-refractivity contribution in [1.82, 2.24) is 15.3 Å². The van der Waals surface area contributed by atoms with Gasteiger partial charge < -0.3 is 10.2 Å². The number of hydrogen-bond acceptors (Lipinski definition) is 4. The summed E-state index contributed by atoms with van der Waals surface area (Å²) in [6, 6.07) is 0. The lowest BCUT2D eigenvalue weighted by Gasteiger charge is -2.34. The first kappa shape index (κ1) is 11.7. The zero-order valence-corrected chi connectivity index (χ0v) is 9.67. The minimum Gasteiger partial charge on any atom is -0.338 e. The number of rotatable bonds is 1. The van der Waals surface area contributed by atoms with Gasteiger partial charge in [-0.25, -0.2) is 9.97 Å². The lowest BCUT2D eigenvalue weighted by atomic mass is 10.2. The molecule has 1 N–H and O–H groups in total. The number of alkyl halides is 3. The number of halogens is 3. The summed E-state index contributed by atoms with van der Waals surface area (Å²) in [5.74, 6) is 0.385. The molecule has 1 aromatic heterocycles. The van der Waals surface area contributed by atoms with Crippen LogP contribution in [0.3, 0.4) is 0 Å². The SMILES string of the molecule is FC(F)(F)c1cnc(N2CCNC3(CC3)C2)nc1.